The van der Waals surface area contributed by atoms with E-state index in [-0.39, 0.29) is 0 Å². The van der Waals surface area contributed by atoms with Crippen molar-refractivity contribution >= 4 is 51.4 Å². The second-order valence-electron chi connectivity index (χ2n) is 8.23. The van der Waals surface area contributed by atoms with E-state index in [0.29, 0.717) is 5.71 Å². The zero-order valence-corrected chi connectivity index (χ0v) is 20.7. The molecule has 2 aromatic carbocycles. The minimum atomic E-state index is -0.436. The average Bonchev–Trinajstić information content (AvgIpc) is 3.26. The summed E-state index contributed by atoms with van der Waals surface area (Å²) in [6.07, 6.45) is 2.14. The van der Waals surface area contributed by atoms with Gasteiger partial charge in [-0.15, -0.1) is 0 Å². The molecule has 0 radical (unpaired) electrons. The summed E-state index contributed by atoms with van der Waals surface area (Å²) in [5.41, 5.74) is 5.96. The van der Waals surface area contributed by atoms with Crippen LogP contribution in [0.2, 0.25) is 0 Å². The number of nitrogens with zero attached hydrogens (tertiary/aromatic N) is 6. The molecule has 0 N–H and O–H groups in total. The minimum Gasteiger partial charge on any atom is -0.341 e. The number of rotatable bonds is 4. The molecule has 0 atom stereocenters. The van der Waals surface area contributed by atoms with Gasteiger partial charge in [-0.2, -0.15) is 0 Å². The molecule has 1 aliphatic heterocycles. The normalized spacial score (nSPS) is 18.3. The number of oxime groups is 1. The van der Waals surface area contributed by atoms with Gasteiger partial charge >= 0.3 is 5.97 Å². The molecule has 8 heteroatoms. The molecule has 1 fully saturated rings. The highest BCUT2D eigenvalue weighted by Crippen LogP contribution is 2.32. The van der Waals surface area contributed by atoms with Crippen molar-refractivity contribution in [2.45, 2.75) is 27.3 Å². The molecule has 4 rings (SSSR count). The van der Waals surface area contributed by atoms with Gasteiger partial charge in [0.05, 0.1) is 11.4 Å². The second-order valence-corrected chi connectivity index (χ2v) is 8.23. The molecule has 1 aromatic heterocycles. The molecule has 3 aromatic rings. The van der Waals surface area contributed by atoms with Crippen molar-refractivity contribution in [1.82, 2.24) is 14.4 Å². The summed E-state index contributed by atoms with van der Waals surface area (Å²) in [6, 6.07) is 12.7. The maximum atomic E-state index is 11.2. The third-order valence-corrected chi connectivity index (χ3v) is 6.16. The average molecular weight is 459 g/mol. The van der Waals surface area contributed by atoms with Gasteiger partial charge < -0.3 is 14.3 Å². The summed E-state index contributed by atoms with van der Waals surface area (Å²) in [4.78, 5) is 28.9. The van der Waals surface area contributed by atoms with Gasteiger partial charge in [-0.1, -0.05) is 17.3 Å². The smallest absolute Gasteiger partial charge is 0.331 e. The fraction of sp³-hybridized carbons (Fsp3) is 0.308. The number of benzene rings is 2. The number of carbonyl (C=O) groups excluding carboxylic acids is 1. The molecule has 0 saturated carbocycles. The molecule has 1 aliphatic rings. The van der Waals surface area contributed by atoms with Gasteiger partial charge in [0.1, 0.15) is 0 Å². The van der Waals surface area contributed by atoms with Crippen LogP contribution in [0, 0.1) is 0 Å². The molecular formula is C26H30N6O2. The Hall–Kier alpha value is -3.94. The van der Waals surface area contributed by atoms with Crippen molar-refractivity contribution in [3.8, 4) is 0 Å². The maximum Gasteiger partial charge on any atom is 0.331 e. The van der Waals surface area contributed by atoms with Crippen LogP contribution in [0.3, 0.4) is 0 Å². The fourth-order valence-corrected chi connectivity index (χ4v) is 4.60. The first kappa shape index (κ1) is 23.2. The lowest BCUT2D eigenvalue weighted by Crippen LogP contribution is -2.29. The van der Waals surface area contributed by atoms with E-state index in [0.717, 1.165) is 51.5 Å². The first-order valence-electron chi connectivity index (χ1n) is 11.2. The Bertz CT molecular complexity index is 1410. The topological polar surface area (TPSA) is 74.8 Å². The number of aliphatic imine (C=N–C) groups is 2. The molecule has 34 heavy (non-hydrogen) atoms. The number of guanidine groups is 1. The number of carbonyl (C=O) groups is 1. The van der Waals surface area contributed by atoms with Crippen LogP contribution in [0.1, 0.15) is 31.9 Å². The van der Waals surface area contributed by atoms with Gasteiger partial charge in [-0.05, 0) is 55.3 Å². The van der Waals surface area contributed by atoms with Gasteiger partial charge in [0.2, 0.25) is 5.96 Å². The predicted octanol–water partition coefficient (Wildman–Crippen LogP) is 4.33. The number of fused-ring (bicyclic) bond motifs is 3. The van der Waals surface area contributed by atoms with Crippen molar-refractivity contribution in [2.24, 2.45) is 15.1 Å². The summed E-state index contributed by atoms with van der Waals surface area (Å²) in [7, 11) is 7.56. The first-order chi connectivity index (χ1) is 16.3. The summed E-state index contributed by atoms with van der Waals surface area (Å²) >= 11 is 0. The Morgan fingerprint density at radius 3 is 2.26 bits per heavy atom. The van der Waals surface area contributed by atoms with E-state index in [2.05, 4.69) is 67.9 Å². The van der Waals surface area contributed by atoms with Crippen LogP contribution >= 0.6 is 0 Å². The monoisotopic (exact) mass is 458 g/mol. The number of hydrogen-bond acceptors (Lipinski definition) is 5. The van der Waals surface area contributed by atoms with Crippen molar-refractivity contribution in [1.29, 1.82) is 0 Å². The summed E-state index contributed by atoms with van der Waals surface area (Å²) in [5.74, 6) is 1.29. The van der Waals surface area contributed by atoms with E-state index in [1.807, 2.05) is 32.0 Å². The molecule has 0 unspecified atom stereocenters. The molecule has 176 valence electrons. The molecule has 0 amide bonds. The van der Waals surface area contributed by atoms with Crippen LogP contribution in [0.4, 0.5) is 0 Å². The van der Waals surface area contributed by atoms with Crippen LogP contribution in [-0.4, -0.2) is 66.0 Å². The minimum absolute atomic E-state index is 0.436. The van der Waals surface area contributed by atoms with Gasteiger partial charge in [-0.3, -0.25) is 14.9 Å². The summed E-state index contributed by atoms with van der Waals surface area (Å²) in [6.45, 7) is 6.18. The third kappa shape index (κ3) is 3.85. The lowest BCUT2D eigenvalue weighted by Gasteiger charge is -2.13. The molecule has 2 heterocycles. The van der Waals surface area contributed by atoms with E-state index in [1.54, 1.807) is 14.1 Å². The molecule has 8 nitrogen and oxygen atoms in total. The molecular weight excluding hydrogens is 428 g/mol. The number of likely N-dealkylation sites (N-methyl/N-ethyl adjacent to an activating group) is 2. The zero-order valence-electron chi connectivity index (χ0n) is 20.7. The zero-order chi connectivity index (χ0) is 24.6. The van der Waals surface area contributed by atoms with Crippen LogP contribution in [0.25, 0.3) is 27.9 Å². The Labute approximate surface area is 199 Å². The maximum absolute atomic E-state index is 11.2. The standard InChI is InChI=1S/C26H30N6O2/c1-8-32-22-11-9-18(14-24-25(27-4)31(7)26(28-5)30(24)6)13-20(22)21-15-19(10-12-23(21)32)16(2)29-34-17(3)33/h9-15H,8H2,1-7H3/b24-14-,27-25+,28-26+,29-16+. The Balaban J connectivity index is 1.88. The Kier molecular flexibility index (Phi) is 6.24. The second kappa shape index (κ2) is 9.13. The number of amidine groups is 1. The van der Waals surface area contributed by atoms with Gasteiger partial charge in [0.25, 0.3) is 0 Å². The molecule has 0 bridgehead atoms. The van der Waals surface area contributed by atoms with Crippen molar-refractivity contribution in [3.05, 3.63) is 53.2 Å². The Morgan fingerprint density at radius 2 is 1.65 bits per heavy atom. The van der Waals surface area contributed by atoms with E-state index in [4.69, 9.17) is 4.84 Å². The predicted molar refractivity (Wildman–Crippen MR) is 139 cm³/mol. The van der Waals surface area contributed by atoms with Crippen LogP contribution in [0.5, 0.6) is 0 Å². The van der Waals surface area contributed by atoms with Crippen molar-refractivity contribution in [3.63, 3.8) is 0 Å². The van der Waals surface area contributed by atoms with E-state index in [9.17, 15) is 4.79 Å². The Morgan fingerprint density at radius 1 is 0.971 bits per heavy atom. The SMILES string of the molecule is CCn1c2ccc(/C=C3/C(=N\C)N(C)/C(=N/C)N3C)cc2c2cc(/C(C)=N/OC(C)=O)ccc21. The highest BCUT2D eigenvalue weighted by atomic mass is 16.7. The number of aryl methyl sites for hydroxylation is 1. The molecule has 1 saturated heterocycles. The number of hydrogen-bond donors (Lipinski definition) is 0. The summed E-state index contributed by atoms with van der Waals surface area (Å²) < 4.78 is 2.31. The molecule has 0 spiro atoms. The van der Waals surface area contributed by atoms with Gasteiger partial charge in [-0.25, -0.2) is 4.79 Å². The van der Waals surface area contributed by atoms with Crippen LogP contribution < -0.4 is 0 Å². The highest BCUT2D eigenvalue weighted by Gasteiger charge is 2.31. The highest BCUT2D eigenvalue weighted by molar-refractivity contribution is 6.18. The number of aromatic nitrogens is 1. The van der Waals surface area contributed by atoms with Gasteiger partial charge in [0.15, 0.2) is 5.84 Å². The lowest BCUT2D eigenvalue weighted by atomic mass is 10.0. The largest absolute Gasteiger partial charge is 0.341 e. The first-order valence-corrected chi connectivity index (χ1v) is 11.2. The van der Waals surface area contributed by atoms with E-state index in [1.165, 1.54) is 12.4 Å². The summed E-state index contributed by atoms with van der Waals surface area (Å²) in [5, 5.41) is 6.24. The van der Waals surface area contributed by atoms with Crippen molar-refractivity contribution < 1.29 is 9.63 Å². The lowest BCUT2D eigenvalue weighted by molar-refractivity contribution is -0.140. The van der Waals surface area contributed by atoms with Crippen LogP contribution in [-0.2, 0) is 16.2 Å². The van der Waals surface area contributed by atoms with E-state index < -0.39 is 5.97 Å². The molecule has 0 aliphatic carbocycles. The van der Waals surface area contributed by atoms with Crippen molar-refractivity contribution in [2.75, 3.05) is 28.2 Å². The third-order valence-electron chi connectivity index (χ3n) is 6.16. The quantitative estimate of drug-likeness (QED) is 0.331. The van der Waals surface area contributed by atoms with E-state index >= 15 is 0 Å². The van der Waals surface area contributed by atoms with Gasteiger partial charge in [0, 0.05) is 63.5 Å². The van der Waals surface area contributed by atoms with Crippen LogP contribution in [0.15, 0.2) is 57.2 Å². The fourth-order valence-electron chi connectivity index (χ4n) is 4.60.